The Labute approximate surface area is 170 Å². The SMILES string of the molecule is CCCCCCc1ccc(-c2ccc(/C(N)=C/C(=N)c3cccnc3)nc2)s1. The molecule has 0 amide bonds. The fourth-order valence-electron chi connectivity index (χ4n) is 2.94. The fourth-order valence-corrected chi connectivity index (χ4v) is 3.98. The molecule has 0 saturated carbocycles. The molecule has 3 rings (SSSR count). The number of nitrogens with one attached hydrogen (secondary N) is 1. The van der Waals surface area contributed by atoms with Crippen LogP contribution in [0, 0.1) is 5.41 Å². The van der Waals surface area contributed by atoms with Gasteiger partial charge >= 0.3 is 0 Å². The van der Waals surface area contributed by atoms with E-state index in [1.807, 2.05) is 35.7 Å². The minimum atomic E-state index is 0.322. The molecule has 0 saturated heterocycles. The largest absolute Gasteiger partial charge is 0.397 e. The number of hydrogen-bond acceptors (Lipinski definition) is 5. The highest BCUT2D eigenvalue weighted by Crippen LogP contribution is 2.29. The molecule has 0 fully saturated rings. The number of aromatic nitrogens is 2. The summed E-state index contributed by atoms with van der Waals surface area (Å²) in [5.74, 6) is 0. The Balaban J connectivity index is 1.65. The third-order valence-corrected chi connectivity index (χ3v) is 5.75. The number of rotatable bonds is 9. The molecule has 3 aromatic rings. The van der Waals surface area contributed by atoms with E-state index in [1.165, 1.54) is 35.4 Å². The van der Waals surface area contributed by atoms with E-state index in [2.05, 4.69) is 29.0 Å². The average Bonchev–Trinajstić information content (AvgIpc) is 3.21. The smallest absolute Gasteiger partial charge is 0.0860 e. The van der Waals surface area contributed by atoms with Crippen molar-refractivity contribution in [3.05, 3.63) is 77.2 Å². The molecule has 3 aromatic heterocycles. The van der Waals surface area contributed by atoms with Gasteiger partial charge in [-0.3, -0.25) is 9.97 Å². The molecule has 0 spiro atoms. The molecule has 4 nitrogen and oxygen atoms in total. The van der Waals surface area contributed by atoms with Crippen LogP contribution in [-0.2, 0) is 6.42 Å². The number of nitrogens with zero attached hydrogens (tertiary/aromatic N) is 2. The fraction of sp³-hybridized carbons (Fsp3) is 0.261. The summed E-state index contributed by atoms with van der Waals surface area (Å²) in [5.41, 5.74) is 9.45. The van der Waals surface area contributed by atoms with Gasteiger partial charge < -0.3 is 11.1 Å². The zero-order valence-corrected chi connectivity index (χ0v) is 17.0. The quantitative estimate of drug-likeness (QED) is 0.364. The molecule has 28 heavy (non-hydrogen) atoms. The van der Waals surface area contributed by atoms with E-state index in [0.717, 1.165) is 17.5 Å². The summed E-state index contributed by atoms with van der Waals surface area (Å²) in [6, 6.07) is 12.0. The van der Waals surface area contributed by atoms with Crippen LogP contribution in [0.3, 0.4) is 0 Å². The van der Waals surface area contributed by atoms with Gasteiger partial charge in [-0.25, -0.2) is 0 Å². The third-order valence-electron chi connectivity index (χ3n) is 4.55. The standard InChI is InChI=1S/C23H26N4S/c1-2-3-4-5-8-19-10-12-23(28-19)18-9-11-22(27-16-18)21(25)14-20(24)17-7-6-13-26-15-17/h6-7,9-16,24H,2-5,8,25H2,1H3/b21-14-,24-20?. The van der Waals surface area contributed by atoms with Crippen LogP contribution in [0.1, 0.15) is 48.7 Å². The molecule has 144 valence electrons. The first-order chi connectivity index (χ1) is 13.7. The third kappa shape index (κ3) is 5.36. The van der Waals surface area contributed by atoms with E-state index >= 15 is 0 Å². The molecular formula is C23H26N4S. The number of aryl methyl sites for hydroxylation is 1. The van der Waals surface area contributed by atoms with Crippen LogP contribution >= 0.6 is 11.3 Å². The number of allylic oxidation sites excluding steroid dienone is 1. The van der Waals surface area contributed by atoms with Gasteiger partial charge in [-0.2, -0.15) is 0 Å². The number of pyridine rings is 2. The summed E-state index contributed by atoms with van der Waals surface area (Å²) in [6.45, 7) is 2.24. The highest BCUT2D eigenvalue weighted by molar-refractivity contribution is 7.15. The summed E-state index contributed by atoms with van der Waals surface area (Å²) in [6.07, 6.45) is 13.1. The highest BCUT2D eigenvalue weighted by Gasteiger charge is 2.06. The molecule has 0 bridgehead atoms. The molecule has 0 aromatic carbocycles. The Morgan fingerprint density at radius 2 is 2.00 bits per heavy atom. The molecule has 0 unspecified atom stereocenters. The zero-order valence-electron chi connectivity index (χ0n) is 16.2. The zero-order chi connectivity index (χ0) is 19.8. The topological polar surface area (TPSA) is 75.7 Å². The van der Waals surface area contributed by atoms with Gasteiger partial charge in [0.25, 0.3) is 0 Å². The van der Waals surface area contributed by atoms with E-state index in [1.54, 1.807) is 24.5 Å². The Morgan fingerprint density at radius 1 is 1.11 bits per heavy atom. The molecule has 0 aliphatic rings. The van der Waals surface area contributed by atoms with Gasteiger partial charge in [0.1, 0.15) is 0 Å². The van der Waals surface area contributed by atoms with Crippen molar-refractivity contribution < 1.29 is 0 Å². The number of hydrogen-bond donors (Lipinski definition) is 2. The van der Waals surface area contributed by atoms with Crippen molar-refractivity contribution in [1.29, 1.82) is 5.41 Å². The van der Waals surface area contributed by atoms with Crippen molar-refractivity contribution in [2.24, 2.45) is 5.73 Å². The van der Waals surface area contributed by atoms with Crippen molar-refractivity contribution in [2.75, 3.05) is 0 Å². The average molecular weight is 391 g/mol. The maximum Gasteiger partial charge on any atom is 0.0860 e. The van der Waals surface area contributed by atoms with Crippen molar-refractivity contribution in [3.8, 4) is 10.4 Å². The van der Waals surface area contributed by atoms with Gasteiger partial charge in [0, 0.05) is 39.5 Å². The van der Waals surface area contributed by atoms with Gasteiger partial charge in [-0.1, -0.05) is 26.2 Å². The van der Waals surface area contributed by atoms with Crippen molar-refractivity contribution in [3.63, 3.8) is 0 Å². The van der Waals surface area contributed by atoms with Crippen molar-refractivity contribution >= 4 is 22.7 Å². The second-order valence-corrected chi connectivity index (χ2v) is 7.93. The van der Waals surface area contributed by atoms with Gasteiger partial charge in [0.15, 0.2) is 0 Å². The Morgan fingerprint density at radius 3 is 2.71 bits per heavy atom. The minimum Gasteiger partial charge on any atom is -0.397 e. The lowest BCUT2D eigenvalue weighted by molar-refractivity contribution is 0.670. The number of thiophene rings is 1. The summed E-state index contributed by atoms with van der Waals surface area (Å²) in [7, 11) is 0. The summed E-state index contributed by atoms with van der Waals surface area (Å²) >= 11 is 1.84. The lowest BCUT2D eigenvalue weighted by Crippen LogP contribution is -2.04. The van der Waals surface area contributed by atoms with Gasteiger partial charge in [0.2, 0.25) is 0 Å². The van der Waals surface area contributed by atoms with E-state index in [4.69, 9.17) is 11.1 Å². The first kappa shape index (κ1) is 20.0. The molecule has 0 aliphatic carbocycles. The second kappa shape index (κ2) is 9.95. The van der Waals surface area contributed by atoms with Crippen LogP contribution in [0.25, 0.3) is 16.1 Å². The lowest BCUT2D eigenvalue weighted by Gasteiger charge is -2.04. The number of unbranched alkanes of at least 4 members (excludes halogenated alkanes) is 3. The highest BCUT2D eigenvalue weighted by atomic mass is 32.1. The summed E-state index contributed by atoms with van der Waals surface area (Å²) in [4.78, 5) is 11.2. The maximum absolute atomic E-state index is 8.15. The van der Waals surface area contributed by atoms with Crippen LogP contribution in [0.5, 0.6) is 0 Å². The Bertz CT molecular complexity index is 927. The van der Waals surface area contributed by atoms with Crippen molar-refractivity contribution in [1.82, 2.24) is 9.97 Å². The van der Waals surface area contributed by atoms with E-state index < -0.39 is 0 Å². The van der Waals surface area contributed by atoms with Crippen LogP contribution in [0.15, 0.2) is 61.1 Å². The molecule has 0 radical (unpaired) electrons. The van der Waals surface area contributed by atoms with Gasteiger partial charge in [-0.05, 0) is 55.3 Å². The maximum atomic E-state index is 8.15. The molecule has 3 N–H and O–H groups in total. The monoisotopic (exact) mass is 390 g/mol. The normalized spacial score (nSPS) is 11.5. The molecule has 0 atom stereocenters. The Hall–Kier alpha value is -2.79. The van der Waals surface area contributed by atoms with Crippen LogP contribution in [-0.4, -0.2) is 15.7 Å². The van der Waals surface area contributed by atoms with E-state index in [-0.39, 0.29) is 0 Å². The molecule has 5 heteroatoms. The predicted octanol–water partition coefficient (Wildman–Crippen LogP) is 5.70. The predicted molar refractivity (Wildman–Crippen MR) is 119 cm³/mol. The number of nitrogens with two attached hydrogens (primary N) is 1. The molecular weight excluding hydrogens is 364 g/mol. The van der Waals surface area contributed by atoms with Crippen LogP contribution in [0.4, 0.5) is 0 Å². The van der Waals surface area contributed by atoms with Gasteiger partial charge in [-0.15, -0.1) is 11.3 Å². The first-order valence-corrected chi connectivity index (χ1v) is 10.5. The Kier molecular flexibility index (Phi) is 7.09. The van der Waals surface area contributed by atoms with Crippen molar-refractivity contribution in [2.45, 2.75) is 39.0 Å². The second-order valence-electron chi connectivity index (χ2n) is 6.76. The summed E-state index contributed by atoms with van der Waals surface area (Å²) in [5, 5.41) is 8.15. The van der Waals surface area contributed by atoms with Crippen LogP contribution < -0.4 is 5.73 Å². The minimum absolute atomic E-state index is 0.322. The van der Waals surface area contributed by atoms with E-state index in [0.29, 0.717) is 17.1 Å². The summed E-state index contributed by atoms with van der Waals surface area (Å²) < 4.78 is 0. The van der Waals surface area contributed by atoms with E-state index in [9.17, 15) is 0 Å². The first-order valence-electron chi connectivity index (χ1n) is 9.69. The van der Waals surface area contributed by atoms with Crippen LogP contribution in [0.2, 0.25) is 0 Å². The van der Waals surface area contributed by atoms with Gasteiger partial charge in [0.05, 0.1) is 17.1 Å². The molecule has 0 aliphatic heterocycles. The molecule has 3 heterocycles. The lowest BCUT2D eigenvalue weighted by atomic mass is 10.1.